The van der Waals surface area contributed by atoms with Crippen LogP contribution in [0.4, 0.5) is 0 Å². The van der Waals surface area contributed by atoms with Crippen LogP contribution >= 0.6 is 12.2 Å². The molecular weight excluding hydrogens is 256 g/mol. The average Bonchev–Trinajstić information content (AvgIpc) is 2.92. The number of nitrogens with one attached hydrogen (secondary N) is 1. The van der Waals surface area contributed by atoms with Crippen LogP contribution in [0.3, 0.4) is 0 Å². The van der Waals surface area contributed by atoms with Crippen molar-refractivity contribution in [3.63, 3.8) is 0 Å². The predicted octanol–water partition coefficient (Wildman–Crippen LogP) is 3.21. The lowest BCUT2D eigenvalue weighted by molar-refractivity contribution is 0.537. The number of aromatic nitrogens is 4. The minimum Gasteiger partial charge on any atom is -0.330 e. The number of hydrogen-bond donors (Lipinski definition) is 1. The van der Waals surface area contributed by atoms with Crippen LogP contribution in [0.15, 0.2) is 30.6 Å². The number of H-pyrrole nitrogens is 1. The summed E-state index contributed by atoms with van der Waals surface area (Å²) in [6.07, 6.45) is 3.92. The van der Waals surface area contributed by atoms with Crippen LogP contribution in [0.25, 0.3) is 11.0 Å². The molecule has 0 bridgehead atoms. The Kier molecular flexibility index (Phi) is 2.98. The lowest BCUT2D eigenvalue weighted by Gasteiger charge is -2.05. The van der Waals surface area contributed by atoms with Gasteiger partial charge in [0.25, 0.3) is 0 Å². The van der Waals surface area contributed by atoms with Crippen LogP contribution in [-0.2, 0) is 13.1 Å². The van der Waals surface area contributed by atoms with E-state index in [4.69, 9.17) is 12.2 Å². The summed E-state index contributed by atoms with van der Waals surface area (Å²) in [6.45, 7) is 5.78. The van der Waals surface area contributed by atoms with Crippen molar-refractivity contribution in [2.75, 3.05) is 0 Å². The molecule has 0 fully saturated rings. The second kappa shape index (κ2) is 4.66. The number of aromatic amines is 1. The molecule has 0 spiro atoms. The second-order valence-corrected chi connectivity index (χ2v) is 5.22. The molecule has 1 aromatic carbocycles. The lowest BCUT2D eigenvalue weighted by Crippen LogP contribution is -2.07. The van der Waals surface area contributed by atoms with Crippen LogP contribution in [0.1, 0.15) is 11.1 Å². The molecule has 3 rings (SSSR count). The molecule has 4 nitrogen and oxygen atoms in total. The van der Waals surface area contributed by atoms with Crippen molar-refractivity contribution in [1.29, 1.82) is 0 Å². The van der Waals surface area contributed by atoms with E-state index in [1.54, 1.807) is 0 Å². The molecule has 2 aromatic heterocycles. The number of imidazole rings is 1. The van der Waals surface area contributed by atoms with E-state index in [-0.39, 0.29) is 0 Å². The van der Waals surface area contributed by atoms with E-state index in [2.05, 4.69) is 39.8 Å². The highest BCUT2D eigenvalue weighted by Gasteiger charge is 2.06. The fourth-order valence-electron chi connectivity index (χ4n) is 2.34. The fraction of sp³-hybridized carbons (Fsp3) is 0.286. The highest BCUT2D eigenvalue weighted by atomic mass is 32.1. The van der Waals surface area contributed by atoms with Crippen LogP contribution in [0.2, 0.25) is 0 Å². The van der Waals surface area contributed by atoms with Gasteiger partial charge in [-0.1, -0.05) is 12.1 Å². The summed E-state index contributed by atoms with van der Waals surface area (Å²) >= 11 is 5.41. The standard InChI is InChI=1S/C14H16N4S/c1-10-8-15-17(9-10)6-7-18-12-5-3-4-11(2)13(12)16-14(18)19/h3-5,8-9H,6-7H2,1-2H3,(H,16,19). The fourth-order valence-corrected chi connectivity index (χ4v) is 2.63. The Morgan fingerprint density at radius 2 is 2.11 bits per heavy atom. The van der Waals surface area contributed by atoms with Gasteiger partial charge >= 0.3 is 0 Å². The van der Waals surface area contributed by atoms with Crippen LogP contribution < -0.4 is 0 Å². The molecule has 0 radical (unpaired) electrons. The number of benzene rings is 1. The number of rotatable bonds is 3. The van der Waals surface area contributed by atoms with Crippen molar-refractivity contribution in [1.82, 2.24) is 19.3 Å². The minimum atomic E-state index is 0.771. The smallest absolute Gasteiger partial charge is 0.178 e. The van der Waals surface area contributed by atoms with E-state index in [0.29, 0.717) is 0 Å². The Hall–Kier alpha value is -1.88. The van der Waals surface area contributed by atoms with E-state index in [9.17, 15) is 0 Å². The molecule has 3 aromatic rings. The highest BCUT2D eigenvalue weighted by Crippen LogP contribution is 2.17. The first-order valence-corrected chi connectivity index (χ1v) is 6.73. The lowest BCUT2D eigenvalue weighted by atomic mass is 10.2. The predicted molar refractivity (Wildman–Crippen MR) is 78.8 cm³/mol. The first-order chi connectivity index (χ1) is 9.15. The summed E-state index contributed by atoms with van der Waals surface area (Å²) < 4.78 is 4.86. The average molecular weight is 272 g/mol. The van der Waals surface area contributed by atoms with Gasteiger partial charge in [0.2, 0.25) is 0 Å². The molecule has 0 saturated carbocycles. The maximum absolute atomic E-state index is 5.41. The van der Waals surface area contributed by atoms with Gasteiger partial charge in [-0.2, -0.15) is 5.10 Å². The zero-order chi connectivity index (χ0) is 13.4. The molecule has 0 saturated heterocycles. The molecule has 0 aliphatic heterocycles. The van der Waals surface area contributed by atoms with Crippen molar-refractivity contribution in [2.24, 2.45) is 0 Å². The van der Waals surface area contributed by atoms with Gasteiger partial charge in [-0.25, -0.2) is 0 Å². The molecule has 0 aliphatic rings. The van der Waals surface area contributed by atoms with Crippen LogP contribution in [0, 0.1) is 18.6 Å². The van der Waals surface area contributed by atoms with Crippen molar-refractivity contribution in [2.45, 2.75) is 26.9 Å². The number of nitrogens with zero attached hydrogens (tertiary/aromatic N) is 3. The third kappa shape index (κ3) is 2.21. The summed E-state index contributed by atoms with van der Waals surface area (Å²) in [5.41, 5.74) is 4.69. The van der Waals surface area contributed by atoms with E-state index in [1.165, 1.54) is 11.1 Å². The number of fused-ring (bicyclic) bond motifs is 1. The van der Waals surface area contributed by atoms with E-state index < -0.39 is 0 Å². The van der Waals surface area contributed by atoms with Gasteiger partial charge in [0, 0.05) is 12.7 Å². The van der Waals surface area contributed by atoms with Gasteiger partial charge in [0.1, 0.15) is 0 Å². The summed E-state index contributed by atoms with van der Waals surface area (Å²) in [5.74, 6) is 0. The van der Waals surface area contributed by atoms with E-state index >= 15 is 0 Å². The van der Waals surface area contributed by atoms with Gasteiger partial charge in [-0.3, -0.25) is 4.68 Å². The van der Waals surface area contributed by atoms with Crippen molar-refractivity contribution < 1.29 is 0 Å². The summed E-state index contributed by atoms with van der Waals surface area (Å²) in [7, 11) is 0. The number of para-hydroxylation sites is 1. The van der Waals surface area contributed by atoms with Gasteiger partial charge in [0.05, 0.1) is 23.8 Å². The quantitative estimate of drug-likeness (QED) is 0.744. The van der Waals surface area contributed by atoms with Gasteiger partial charge in [-0.15, -0.1) is 0 Å². The molecule has 0 amide bonds. The summed E-state index contributed by atoms with van der Waals surface area (Å²) in [6, 6.07) is 6.26. The summed E-state index contributed by atoms with van der Waals surface area (Å²) in [4.78, 5) is 3.28. The molecule has 5 heteroatoms. The second-order valence-electron chi connectivity index (χ2n) is 4.83. The molecule has 0 aliphatic carbocycles. The Balaban J connectivity index is 1.95. The topological polar surface area (TPSA) is 38.5 Å². The van der Waals surface area contributed by atoms with Crippen molar-refractivity contribution >= 4 is 23.3 Å². The Morgan fingerprint density at radius 3 is 2.84 bits per heavy atom. The third-order valence-electron chi connectivity index (χ3n) is 3.33. The first kappa shape index (κ1) is 12.2. The molecule has 1 N–H and O–H groups in total. The highest BCUT2D eigenvalue weighted by molar-refractivity contribution is 7.71. The van der Waals surface area contributed by atoms with E-state index in [0.717, 1.165) is 28.9 Å². The zero-order valence-electron chi connectivity index (χ0n) is 11.1. The summed E-state index contributed by atoms with van der Waals surface area (Å²) in [5, 5.41) is 4.30. The molecule has 2 heterocycles. The SMILES string of the molecule is Cc1cnn(CCn2c(=S)[nH]c3c(C)cccc32)c1. The molecule has 98 valence electrons. The Labute approximate surface area is 116 Å². The normalized spacial score (nSPS) is 11.3. The minimum absolute atomic E-state index is 0.771. The van der Waals surface area contributed by atoms with Gasteiger partial charge in [0.15, 0.2) is 4.77 Å². The number of aryl methyl sites for hydroxylation is 4. The Morgan fingerprint density at radius 1 is 1.26 bits per heavy atom. The Bertz CT molecular complexity index is 778. The maximum atomic E-state index is 5.41. The zero-order valence-corrected chi connectivity index (χ0v) is 11.9. The third-order valence-corrected chi connectivity index (χ3v) is 3.66. The maximum Gasteiger partial charge on any atom is 0.178 e. The molecule has 0 unspecified atom stereocenters. The molecular formula is C14H16N4S. The van der Waals surface area contributed by atoms with Crippen LogP contribution in [-0.4, -0.2) is 19.3 Å². The number of hydrogen-bond acceptors (Lipinski definition) is 2. The molecule has 19 heavy (non-hydrogen) atoms. The largest absolute Gasteiger partial charge is 0.330 e. The monoisotopic (exact) mass is 272 g/mol. The van der Waals surface area contributed by atoms with Gasteiger partial charge in [-0.05, 0) is 43.3 Å². The van der Waals surface area contributed by atoms with E-state index in [1.807, 2.05) is 24.0 Å². The first-order valence-electron chi connectivity index (χ1n) is 6.32. The van der Waals surface area contributed by atoms with Crippen molar-refractivity contribution in [3.05, 3.63) is 46.5 Å². The molecule has 0 atom stereocenters. The van der Waals surface area contributed by atoms with Gasteiger partial charge < -0.3 is 9.55 Å². The van der Waals surface area contributed by atoms with Crippen LogP contribution in [0.5, 0.6) is 0 Å². The van der Waals surface area contributed by atoms with Crippen molar-refractivity contribution in [3.8, 4) is 0 Å².